The minimum absolute atomic E-state index is 0.0631. The Labute approximate surface area is 178 Å². The minimum atomic E-state index is -3.71. The van der Waals surface area contributed by atoms with Gasteiger partial charge in [-0.15, -0.1) is 0 Å². The Kier molecular flexibility index (Phi) is 7.54. The number of benzene rings is 1. The molecule has 1 heterocycles. The summed E-state index contributed by atoms with van der Waals surface area (Å²) in [7, 11) is -3.71. The van der Waals surface area contributed by atoms with Crippen molar-refractivity contribution in [2.75, 3.05) is 25.6 Å². The molecule has 1 aliphatic heterocycles. The van der Waals surface area contributed by atoms with E-state index in [9.17, 15) is 17.2 Å². The quantitative estimate of drug-likeness (QED) is 0.479. The van der Waals surface area contributed by atoms with Crippen LogP contribution >= 0.6 is 23.0 Å². The number of ether oxygens (including phenoxy) is 2. The number of rotatable bonds is 7. The van der Waals surface area contributed by atoms with Gasteiger partial charge in [-0.1, -0.05) is 12.1 Å². The molecule has 0 amide bonds. The molecule has 1 saturated heterocycles. The van der Waals surface area contributed by atoms with Gasteiger partial charge in [0.15, 0.2) is 0 Å². The normalized spacial score (nSPS) is 26.1. The molecule has 1 aliphatic carbocycles. The van der Waals surface area contributed by atoms with Crippen molar-refractivity contribution in [2.24, 2.45) is 11.8 Å². The third-order valence-corrected chi connectivity index (χ3v) is 8.33. The van der Waals surface area contributed by atoms with Gasteiger partial charge in [0.25, 0.3) is 10.1 Å². The third-order valence-electron chi connectivity index (χ3n) is 5.66. The van der Waals surface area contributed by atoms with Gasteiger partial charge in [0.1, 0.15) is 28.8 Å². The molecule has 2 atom stereocenters. The third kappa shape index (κ3) is 6.24. The molecule has 0 radical (unpaired) electrons. The summed E-state index contributed by atoms with van der Waals surface area (Å²) in [6, 6.07) is 7.72. The van der Waals surface area contributed by atoms with Gasteiger partial charge in [-0.25, -0.2) is 8.78 Å². The van der Waals surface area contributed by atoms with Crippen LogP contribution in [-0.2, 0) is 17.4 Å². The van der Waals surface area contributed by atoms with Crippen LogP contribution in [0.3, 0.4) is 0 Å². The summed E-state index contributed by atoms with van der Waals surface area (Å²) >= 11 is 1.32. The molecule has 28 heavy (non-hydrogen) atoms. The van der Waals surface area contributed by atoms with Crippen molar-refractivity contribution in [2.45, 2.75) is 43.9 Å². The SMILES string of the molecule is O=S(=O)(C[C@H]1CCC(F)(F)C[C@@H]1COc1ccc(C2CCOCC2)cc1)OI. The van der Waals surface area contributed by atoms with Crippen LogP contribution in [0.2, 0.25) is 0 Å². The standard InChI is InChI=1S/C19H25F2IO5S/c20-19(21)8-5-16(13-28(23,24)27-22)17(11-19)12-26-18-3-1-14(2-4-18)15-6-9-25-10-7-15/h1-4,15-17H,5-13H2/t16-,17-/m1/s1. The summed E-state index contributed by atoms with van der Waals surface area (Å²) in [5.41, 5.74) is 1.23. The number of alkyl halides is 2. The zero-order chi connectivity index (χ0) is 20.2. The van der Waals surface area contributed by atoms with Gasteiger partial charge in [-0.05, 0) is 48.8 Å². The molecule has 0 unspecified atom stereocenters. The van der Waals surface area contributed by atoms with Crippen molar-refractivity contribution in [3.8, 4) is 5.75 Å². The zero-order valence-corrected chi connectivity index (χ0v) is 18.5. The summed E-state index contributed by atoms with van der Waals surface area (Å²) < 4.78 is 66.9. The Morgan fingerprint density at radius 2 is 1.79 bits per heavy atom. The second-order valence-electron chi connectivity index (χ2n) is 7.67. The van der Waals surface area contributed by atoms with Crippen molar-refractivity contribution in [1.82, 2.24) is 0 Å². The van der Waals surface area contributed by atoms with Crippen molar-refractivity contribution >= 4 is 33.1 Å². The van der Waals surface area contributed by atoms with E-state index in [-0.39, 0.29) is 31.6 Å². The molecule has 1 saturated carbocycles. The van der Waals surface area contributed by atoms with Crippen LogP contribution < -0.4 is 4.74 Å². The van der Waals surface area contributed by atoms with Crippen molar-refractivity contribution in [1.29, 1.82) is 0 Å². The first-order valence-corrected chi connectivity index (χ1v) is 11.9. The fourth-order valence-corrected chi connectivity index (χ4v) is 5.51. The molecule has 0 N–H and O–H groups in total. The fraction of sp³-hybridized carbons (Fsp3) is 0.684. The van der Waals surface area contributed by atoms with Crippen LogP contribution in [0.4, 0.5) is 8.78 Å². The predicted octanol–water partition coefficient (Wildman–Crippen LogP) is 4.71. The Morgan fingerprint density at radius 1 is 1.11 bits per heavy atom. The highest BCUT2D eigenvalue weighted by atomic mass is 127. The van der Waals surface area contributed by atoms with Gasteiger partial charge in [-0.2, -0.15) is 10.9 Å². The first kappa shape index (κ1) is 22.2. The lowest BCUT2D eigenvalue weighted by Gasteiger charge is -2.35. The van der Waals surface area contributed by atoms with Crippen LogP contribution in [0.15, 0.2) is 24.3 Å². The maximum atomic E-state index is 13.9. The van der Waals surface area contributed by atoms with E-state index in [2.05, 4.69) is 2.51 Å². The Balaban J connectivity index is 1.61. The average Bonchev–Trinajstić information content (AvgIpc) is 2.69. The van der Waals surface area contributed by atoms with E-state index < -0.39 is 27.9 Å². The lowest BCUT2D eigenvalue weighted by molar-refractivity contribution is -0.0736. The first-order valence-electron chi connectivity index (χ1n) is 9.49. The summed E-state index contributed by atoms with van der Waals surface area (Å²) in [5.74, 6) is -2.91. The van der Waals surface area contributed by atoms with Gasteiger partial charge < -0.3 is 9.47 Å². The fourth-order valence-electron chi connectivity index (χ4n) is 4.06. The monoisotopic (exact) mass is 530 g/mol. The topological polar surface area (TPSA) is 61.8 Å². The molecular formula is C19H25F2IO5S. The van der Waals surface area contributed by atoms with E-state index in [1.807, 2.05) is 24.3 Å². The maximum Gasteiger partial charge on any atom is 0.276 e. The highest BCUT2D eigenvalue weighted by molar-refractivity contribution is 14.1. The lowest BCUT2D eigenvalue weighted by Crippen LogP contribution is -2.38. The van der Waals surface area contributed by atoms with Crippen LogP contribution in [0, 0.1) is 11.8 Å². The first-order chi connectivity index (χ1) is 13.3. The number of halogens is 3. The molecule has 158 valence electrons. The zero-order valence-electron chi connectivity index (χ0n) is 15.5. The van der Waals surface area contributed by atoms with Crippen molar-refractivity contribution in [3.63, 3.8) is 0 Å². The van der Waals surface area contributed by atoms with E-state index >= 15 is 0 Å². The van der Waals surface area contributed by atoms with Crippen molar-refractivity contribution in [3.05, 3.63) is 29.8 Å². The molecule has 9 heteroatoms. The van der Waals surface area contributed by atoms with Crippen LogP contribution in [0.25, 0.3) is 0 Å². The van der Waals surface area contributed by atoms with Gasteiger partial charge >= 0.3 is 0 Å². The highest BCUT2D eigenvalue weighted by Crippen LogP contribution is 2.41. The number of hydrogen-bond acceptors (Lipinski definition) is 5. The number of hydrogen-bond donors (Lipinski definition) is 0. The summed E-state index contributed by atoms with van der Waals surface area (Å²) in [6.07, 6.45) is 1.46. The molecule has 0 bridgehead atoms. The van der Waals surface area contributed by atoms with Crippen LogP contribution in [0.5, 0.6) is 5.75 Å². The van der Waals surface area contributed by atoms with E-state index in [0.29, 0.717) is 11.7 Å². The molecule has 0 spiro atoms. The highest BCUT2D eigenvalue weighted by Gasteiger charge is 2.43. The molecule has 2 aliphatic rings. The smallest absolute Gasteiger partial charge is 0.276 e. The molecular weight excluding hydrogens is 505 g/mol. The summed E-state index contributed by atoms with van der Waals surface area (Å²) in [6.45, 7) is 1.60. The van der Waals surface area contributed by atoms with E-state index in [0.717, 1.165) is 26.1 Å². The molecule has 1 aromatic carbocycles. The predicted molar refractivity (Wildman–Crippen MR) is 109 cm³/mol. The van der Waals surface area contributed by atoms with E-state index in [4.69, 9.17) is 9.47 Å². The van der Waals surface area contributed by atoms with Crippen LogP contribution in [-0.4, -0.2) is 39.9 Å². The Morgan fingerprint density at radius 3 is 2.43 bits per heavy atom. The lowest BCUT2D eigenvalue weighted by atomic mass is 9.79. The van der Waals surface area contributed by atoms with E-state index in [1.165, 1.54) is 28.6 Å². The van der Waals surface area contributed by atoms with Gasteiger partial charge in [0.05, 0.1) is 12.4 Å². The molecule has 3 rings (SSSR count). The average molecular weight is 530 g/mol. The van der Waals surface area contributed by atoms with Crippen LogP contribution in [0.1, 0.15) is 43.6 Å². The maximum absolute atomic E-state index is 13.9. The molecule has 2 fully saturated rings. The molecule has 5 nitrogen and oxygen atoms in total. The minimum Gasteiger partial charge on any atom is -0.493 e. The summed E-state index contributed by atoms with van der Waals surface area (Å²) in [5, 5.41) is 0. The second-order valence-corrected chi connectivity index (χ2v) is 10.3. The molecule has 0 aromatic heterocycles. The summed E-state index contributed by atoms with van der Waals surface area (Å²) in [4.78, 5) is 0. The van der Waals surface area contributed by atoms with Gasteiger partial charge in [0.2, 0.25) is 5.92 Å². The van der Waals surface area contributed by atoms with Crippen molar-refractivity contribution < 1.29 is 29.2 Å². The molecule has 1 aromatic rings. The second kappa shape index (κ2) is 9.53. The Hall–Kier alpha value is -0.520. The Bertz CT molecular complexity index is 735. The van der Waals surface area contributed by atoms with Gasteiger partial charge in [-0.3, -0.25) is 0 Å². The van der Waals surface area contributed by atoms with Gasteiger partial charge in [0, 0.05) is 32.0 Å². The largest absolute Gasteiger partial charge is 0.493 e. The van der Waals surface area contributed by atoms with E-state index in [1.54, 1.807) is 0 Å².